The van der Waals surface area contributed by atoms with Crippen LogP contribution in [0.3, 0.4) is 0 Å². The zero-order valence-electron chi connectivity index (χ0n) is 14.1. The molecule has 0 saturated heterocycles. The monoisotopic (exact) mass is 367 g/mol. The highest BCUT2D eigenvalue weighted by molar-refractivity contribution is 7.14. The number of aromatic nitrogens is 1. The second-order valence-corrected chi connectivity index (χ2v) is 6.59. The molecule has 0 atom stereocenters. The molecule has 0 aliphatic heterocycles. The Morgan fingerprint density at radius 1 is 1.12 bits per heavy atom. The molecule has 132 valence electrons. The lowest BCUT2D eigenvalue weighted by Crippen LogP contribution is -2.14. The lowest BCUT2D eigenvalue weighted by Gasteiger charge is -2.03. The summed E-state index contributed by atoms with van der Waals surface area (Å²) in [6.07, 6.45) is 1.26. The van der Waals surface area contributed by atoms with Crippen LogP contribution in [0.4, 0.5) is 10.8 Å². The normalized spacial score (nSPS) is 10.5. The van der Waals surface area contributed by atoms with Gasteiger partial charge in [-0.25, -0.2) is 4.98 Å². The van der Waals surface area contributed by atoms with Crippen molar-refractivity contribution in [3.05, 3.63) is 75.2 Å². The predicted molar refractivity (Wildman–Crippen MR) is 102 cm³/mol. The Morgan fingerprint density at radius 2 is 1.77 bits per heavy atom. The minimum absolute atomic E-state index is 0.0339. The third-order valence-electron chi connectivity index (χ3n) is 3.92. The van der Waals surface area contributed by atoms with E-state index in [0.29, 0.717) is 10.8 Å². The van der Waals surface area contributed by atoms with Crippen molar-refractivity contribution in [3.63, 3.8) is 0 Å². The number of hydrogen-bond acceptors (Lipinski definition) is 5. The van der Waals surface area contributed by atoms with Gasteiger partial charge in [0, 0.05) is 23.1 Å². The summed E-state index contributed by atoms with van der Waals surface area (Å²) in [4.78, 5) is 26.8. The number of amides is 1. The van der Waals surface area contributed by atoms with E-state index in [2.05, 4.69) is 17.2 Å². The number of nitrogens with zero attached hydrogens (tertiary/aromatic N) is 2. The molecule has 0 saturated carbocycles. The molecule has 0 unspecified atom stereocenters. The molecule has 7 heteroatoms. The largest absolute Gasteiger partial charge is 0.302 e. The summed E-state index contributed by atoms with van der Waals surface area (Å²) in [5.41, 5.74) is 3.66. The maximum absolute atomic E-state index is 12.2. The Balaban J connectivity index is 1.63. The first-order valence-electron chi connectivity index (χ1n) is 8.13. The van der Waals surface area contributed by atoms with Crippen molar-refractivity contribution in [2.45, 2.75) is 19.8 Å². The number of hydrogen-bond donors (Lipinski definition) is 1. The zero-order valence-corrected chi connectivity index (χ0v) is 15.0. The Kier molecular flexibility index (Phi) is 5.38. The summed E-state index contributed by atoms with van der Waals surface area (Å²) >= 11 is 1.32. The molecule has 6 nitrogen and oxygen atoms in total. The number of rotatable bonds is 6. The van der Waals surface area contributed by atoms with Crippen LogP contribution in [0.15, 0.2) is 53.9 Å². The number of carbonyl (C=O) groups excluding carboxylic acids is 1. The fourth-order valence-corrected chi connectivity index (χ4v) is 3.20. The quantitative estimate of drug-likeness (QED) is 0.515. The molecule has 2 aromatic carbocycles. The fourth-order valence-electron chi connectivity index (χ4n) is 2.46. The molecule has 0 bridgehead atoms. The van der Waals surface area contributed by atoms with Crippen molar-refractivity contribution in [2.75, 3.05) is 5.32 Å². The third-order valence-corrected chi connectivity index (χ3v) is 4.68. The van der Waals surface area contributed by atoms with Crippen LogP contribution in [0.2, 0.25) is 0 Å². The van der Waals surface area contributed by atoms with Crippen molar-refractivity contribution in [2.24, 2.45) is 0 Å². The van der Waals surface area contributed by atoms with Gasteiger partial charge in [-0.1, -0.05) is 31.2 Å². The molecule has 1 heterocycles. The molecule has 3 rings (SSSR count). The van der Waals surface area contributed by atoms with E-state index in [4.69, 9.17) is 0 Å². The highest BCUT2D eigenvalue weighted by atomic mass is 32.1. The average molecular weight is 367 g/mol. The van der Waals surface area contributed by atoms with E-state index >= 15 is 0 Å². The van der Waals surface area contributed by atoms with Crippen molar-refractivity contribution in [3.8, 4) is 11.3 Å². The number of non-ortho nitro benzene ring substituents is 1. The number of nitro benzene ring substituents is 1. The highest BCUT2D eigenvalue weighted by Gasteiger charge is 2.10. The molecule has 1 N–H and O–H groups in total. The van der Waals surface area contributed by atoms with E-state index in [1.807, 2.05) is 29.6 Å². The van der Waals surface area contributed by atoms with E-state index in [-0.39, 0.29) is 18.0 Å². The van der Waals surface area contributed by atoms with Gasteiger partial charge in [-0.3, -0.25) is 14.9 Å². The van der Waals surface area contributed by atoms with Gasteiger partial charge in [0.25, 0.3) is 5.69 Å². The number of thiazole rings is 1. The molecule has 0 radical (unpaired) electrons. The third kappa shape index (κ3) is 4.31. The second kappa shape index (κ2) is 7.88. The molecule has 0 fully saturated rings. The van der Waals surface area contributed by atoms with Gasteiger partial charge in [0.05, 0.1) is 17.0 Å². The Labute approximate surface area is 154 Å². The lowest BCUT2D eigenvalue weighted by molar-refractivity contribution is -0.384. The van der Waals surface area contributed by atoms with Crippen molar-refractivity contribution >= 4 is 28.1 Å². The van der Waals surface area contributed by atoms with E-state index in [1.54, 1.807) is 12.1 Å². The van der Waals surface area contributed by atoms with Gasteiger partial charge in [-0.05, 0) is 29.7 Å². The minimum atomic E-state index is -0.441. The molecular weight excluding hydrogens is 350 g/mol. The van der Waals surface area contributed by atoms with Gasteiger partial charge in [0.1, 0.15) is 0 Å². The fraction of sp³-hybridized carbons (Fsp3) is 0.158. The number of carbonyl (C=O) groups is 1. The summed E-state index contributed by atoms with van der Waals surface area (Å²) in [5.74, 6) is -0.126. The maximum atomic E-state index is 12.2. The molecule has 1 amide bonds. The van der Waals surface area contributed by atoms with Crippen LogP contribution in [0.1, 0.15) is 18.1 Å². The first-order chi connectivity index (χ1) is 12.5. The van der Waals surface area contributed by atoms with Crippen LogP contribution in [-0.2, 0) is 17.6 Å². The van der Waals surface area contributed by atoms with Gasteiger partial charge < -0.3 is 5.32 Å². The van der Waals surface area contributed by atoms with Crippen LogP contribution < -0.4 is 5.32 Å². The number of benzene rings is 2. The smallest absolute Gasteiger partial charge is 0.269 e. The van der Waals surface area contributed by atoms with Crippen LogP contribution in [0.25, 0.3) is 11.3 Å². The minimum Gasteiger partial charge on any atom is -0.302 e. The average Bonchev–Trinajstić information content (AvgIpc) is 3.10. The molecule has 0 aliphatic rings. The van der Waals surface area contributed by atoms with Crippen molar-refractivity contribution in [1.82, 2.24) is 4.98 Å². The highest BCUT2D eigenvalue weighted by Crippen LogP contribution is 2.26. The molecule has 1 aromatic heterocycles. The van der Waals surface area contributed by atoms with Gasteiger partial charge in [-0.2, -0.15) is 0 Å². The van der Waals surface area contributed by atoms with Crippen LogP contribution in [0.5, 0.6) is 0 Å². The summed E-state index contributed by atoms with van der Waals surface area (Å²) < 4.78 is 0. The molecular formula is C19H17N3O3S. The van der Waals surface area contributed by atoms with Crippen molar-refractivity contribution < 1.29 is 9.72 Å². The first kappa shape index (κ1) is 17.8. The summed E-state index contributed by atoms with van der Waals surface area (Å²) in [6, 6.07) is 14.1. The SMILES string of the molecule is CCc1ccc(CC(=O)Nc2nc(-c3ccc([N+](=O)[O-])cc3)cs2)cc1. The molecule has 3 aromatic rings. The summed E-state index contributed by atoms with van der Waals surface area (Å²) in [5, 5.41) is 15.8. The van der Waals surface area contributed by atoms with Crippen LogP contribution >= 0.6 is 11.3 Å². The van der Waals surface area contributed by atoms with Gasteiger partial charge in [0.15, 0.2) is 5.13 Å². The standard InChI is InChI=1S/C19H17N3O3S/c1-2-13-3-5-14(6-4-13)11-18(23)21-19-20-17(12-26-19)15-7-9-16(10-8-15)22(24)25/h3-10,12H,2,11H2,1H3,(H,20,21,23). The van der Waals surface area contributed by atoms with Gasteiger partial charge in [0.2, 0.25) is 5.91 Å². The van der Waals surface area contributed by atoms with E-state index < -0.39 is 4.92 Å². The Morgan fingerprint density at radius 3 is 2.38 bits per heavy atom. The molecule has 26 heavy (non-hydrogen) atoms. The number of aryl methyl sites for hydroxylation is 1. The summed E-state index contributed by atoms with van der Waals surface area (Å²) in [7, 11) is 0. The Hall–Kier alpha value is -3.06. The Bertz CT molecular complexity index is 918. The molecule has 0 spiro atoms. The topological polar surface area (TPSA) is 85.1 Å². The predicted octanol–water partition coefficient (Wildman–Crippen LogP) is 4.46. The zero-order chi connectivity index (χ0) is 18.5. The van der Waals surface area contributed by atoms with E-state index in [9.17, 15) is 14.9 Å². The number of anilines is 1. The van der Waals surface area contributed by atoms with Crippen LogP contribution in [0, 0.1) is 10.1 Å². The van der Waals surface area contributed by atoms with Gasteiger partial charge >= 0.3 is 0 Å². The first-order valence-corrected chi connectivity index (χ1v) is 9.01. The van der Waals surface area contributed by atoms with Gasteiger partial charge in [-0.15, -0.1) is 11.3 Å². The number of nitro groups is 1. The van der Waals surface area contributed by atoms with E-state index in [1.165, 1.54) is 29.0 Å². The lowest BCUT2D eigenvalue weighted by atomic mass is 10.1. The van der Waals surface area contributed by atoms with Crippen molar-refractivity contribution in [1.29, 1.82) is 0 Å². The molecule has 0 aliphatic carbocycles. The van der Waals surface area contributed by atoms with E-state index in [0.717, 1.165) is 17.5 Å². The second-order valence-electron chi connectivity index (χ2n) is 5.74. The number of nitrogens with one attached hydrogen (secondary N) is 1. The maximum Gasteiger partial charge on any atom is 0.269 e. The van der Waals surface area contributed by atoms with Crippen LogP contribution in [-0.4, -0.2) is 15.8 Å². The summed E-state index contributed by atoms with van der Waals surface area (Å²) in [6.45, 7) is 2.09.